The largest absolute Gasteiger partial charge is 0.497 e. The number of aryl methyl sites for hydroxylation is 2. The third-order valence-electron chi connectivity index (χ3n) is 5.06. The van der Waals surface area contributed by atoms with Crippen LogP contribution in [0.15, 0.2) is 42.5 Å². The summed E-state index contributed by atoms with van der Waals surface area (Å²) in [6, 6.07) is 13.3. The van der Waals surface area contributed by atoms with E-state index in [0.717, 1.165) is 35.3 Å². The van der Waals surface area contributed by atoms with E-state index in [0.29, 0.717) is 11.5 Å². The van der Waals surface area contributed by atoms with Crippen molar-refractivity contribution in [3.8, 4) is 5.75 Å². The number of nitrogens with one attached hydrogen (secondary N) is 2. The summed E-state index contributed by atoms with van der Waals surface area (Å²) in [4.78, 5) is 24.7. The topological polar surface area (TPSA) is 67.4 Å². The first kappa shape index (κ1) is 19.0. The molecule has 0 radical (unpaired) electrons. The molecule has 1 atom stereocenters. The monoisotopic (exact) mass is 366 g/mol. The van der Waals surface area contributed by atoms with Crippen LogP contribution in [0.5, 0.6) is 5.75 Å². The Hall–Kier alpha value is -2.82. The van der Waals surface area contributed by atoms with E-state index in [1.54, 1.807) is 13.2 Å². The molecule has 0 aromatic heterocycles. The Morgan fingerprint density at radius 2 is 1.78 bits per heavy atom. The van der Waals surface area contributed by atoms with Crippen LogP contribution in [0.2, 0.25) is 0 Å². The molecule has 1 fully saturated rings. The second kappa shape index (κ2) is 8.25. The number of carbonyl (C=O) groups is 2. The predicted molar refractivity (Wildman–Crippen MR) is 105 cm³/mol. The molecule has 1 saturated carbocycles. The van der Waals surface area contributed by atoms with Gasteiger partial charge in [0.1, 0.15) is 5.75 Å². The first-order valence-corrected chi connectivity index (χ1v) is 9.26. The molecule has 2 N–H and O–H groups in total. The summed E-state index contributed by atoms with van der Waals surface area (Å²) in [5.41, 5.74) is 3.82. The normalized spacial score (nSPS) is 14.3. The fourth-order valence-electron chi connectivity index (χ4n) is 3.08. The molecule has 0 heterocycles. The van der Waals surface area contributed by atoms with Crippen LogP contribution >= 0.6 is 0 Å². The quantitative estimate of drug-likeness (QED) is 0.790. The van der Waals surface area contributed by atoms with Crippen molar-refractivity contribution in [1.29, 1.82) is 0 Å². The van der Waals surface area contributed by atoms with Crippen LogP contribution < -0.4 is 15.4 Å². The lowest BCUT2D eigenvalue weighted by Gasteiger charge is -2.19. The van der Waals surface area contributed by atoms with Gasteiger partial charge in [-0.3, -0.25) is 9.59 Å². The average Bonchev–Trinajstić information content (AvgIpc) is 3.51. The maximum Gasteiger partial charge on any atom is 0.251 e. The Balaban J connectivity index is 1.57. The fraction of sp³-hybridized carbons (Fsp3) is 0.364. The maximum absolute atomic E-state index is 12.4. The highest BCUT2D eigenvalue weighted by Gasteiger charge is 2.33. The second-order valence-electron chi connectivity index (χ2n) is 7.14. The Morgan fingerprint density at radius 3 is 2.37 bits per heavy atom. The lowest BCUT2D eigenvalue weighted by atomic mass is 10.0. The summed E-state index contributed by atoms with van der Waals surface area (Å²) in [5, 5.41) is 5.77. The highest BCUT2D eigenvalue weighted by atomic mass is 16.5. The number of hydrogen-bond donors (Lipinski definition) is 2. The number of ether oxygens (including phenoxy) is 1. The minimum atomic E-state index is -0.235. The molecule has 5 nitrogen and oxygen atoms in total. The van der Waals surface area contributed by atoms with Crippen molar-refractivity contribution in [2.24, 2.45) is 5.92 Å². The van der Waals surface area contributed by atoms with Crippen molar-refractivity contribution in [1.82, 2.24) is 10.6 Å². The van der Waals surface area contributed by atoms with Crippen LogP contribution in [-0.4, -0.2) is 25.5 Å². The summed E-state index contributed by atoms with van der Waals surface area (Å²) >= 11 is 0. The van der Waals surface area contributed by atoms with Crippen molar-refractivity contribution in [3.05, 3.63) is 64.7 Å². The summed E-state index contributed by atoms with van der Waals surface area (Å²) < 4.78 is 5.19. The third-order valence-corrected chi connectivity index (χ3v) is 5.06. The predicted octanol–water partition coefficient (Wildman–Crippen LogP) is 3.31. The Labute approximate surface area is 160 Å². The first-order chi connectivity index (χ1) is 13.0. The van der Waals surface area contributed by atoms with Gasteiger partial charge in [0, 0.05) is 5.56 Å². The molecular formula is C22H26N2O3. The van der Waals surface area contributed by atoms with Crippen molar-refractivity contribution in [2.45, 2.75) is 32.7 Å². The average molecular weight is 366 g/mol. The van der Waals surface area contributed by atoms with Gasteiger partial charge >= 0.3 is 0 Å². The molecule has 5 heteroatoms. The van der Waals surface area contributed by atoms with Gasteiger partial charge in [0.2, 0.25) is 5.91 Å². The molecule has 1 aliphatic rings. The van der Waals surface area contributed by atoms with E-state index in [4.69, 9.17) is 4.74 Å². The molecular weight excluding hydrogens is 340 g/mol. The van der Waals surface area contributed by atoms with E-state index in [1.165, 1.54) is 0 Å². The number of hydrogen-bond acceptors (Lipinski definition) is 3. The molecule has 27 heavy (non-hydrogen) atoms. The molecule has 0 spiro atoms. The summed E-state index contributed by atoms with van der Waals surface area (Å²) in [5.74, 6) is 0.832. The molecule has 0 aliphatic heterocycles. The summed E-state index contributed by atoms with van der Waals surface area (Å²) in [6.07, 6.45) is 2.21. The zero-order valence-electron chi connectivity index (χ0n) is 16.0. The highest BCUT2D eigenvalue weighted by molar-refractivity contribution is 5.96. The van der Waals surface area contributed by atoms with E-state index in [1.807, 2.05) is 50.2 Å². The molecule has 142 valence electrons. The standard InChI is InChI=1S/C22H26N2O3/c1-14-4-5-18(12-15(14)2)22(26)23-13-20(25)24-21(16-6-7-16)17-8-10-19(27-3)11-9-17/h4-5,8-12,16,21H,6-7,13H2,1-3H3,(H,23,26)(H,24,25). The molecule has 2 aromatic rings. The Morgan fingerprint density at radius 1 is 1.07 bits per heavy atom. The number of rotatable bonds is 7. The van der Waals surface area contributed by atoms with Crippen molar-refractivity contribution >= 4 is 11.8 Å². The Bertz CT molecular complexity index is 826. The number of carbonyl (C=O) groups excluding carboxylic acids is 2. The molecule has 0 bridgehead atoms. The van der Waals surface area contributed by atoms with Gasteiger partial charge < -0.3 is 15.4 Å². The lowest BCUT2D eigenvalue weighted by molar-refractivity contribution is -0.121. The molecule has 1 unspecified atom stereocenters. The van der Waals surface area contributed by atoms with Gasteiger partial charge in [-0.05, 0) is 73.6 Å². The van der Waals surface area contributed by atoms with Crippen LogP contribution in [0.1, 0.15) is 45.9 Å². The van der Waals surface area contributed by atoms with Gasteiger partial charge in [0.25, 0.3) is 5.91 Å². The van der Waals surface area contributed by atoms with Crippen LogP contribution in [0.4, 0.5) is 0 Å². The van der Waals surface area contributed by atoms with Crippen LogP contribution in [0.3, 0.4) is 0 Å². The summed E-state index contributed by atoms with van der Waals surface area (Å²) in [6.45, 7) is 3.93. The van der Waals surface area contributed by atoms with Gasteiger partial charge in [-0.1, -0.05) is 18.2 Å². The van der Waals surface area contributed by atoms with Gasteiger partial charge in [-0.25, -0.2) is 0 Å². The summed E-state index contributed by atoms with van der Waals surface area (Å²) in [7, 11) is 1.63. The molecule has 2 aromatic carbocycles. The molecule has 3 rings (SSSR count). The van der Waals surface area contributed by atoms with Crippen LogP contribution in [0, 0.1) is 19.8 Å². The van der Waals surface area contributed by atoms with E-state index in [2.05, 4.69) is 10.6 Å². The zero-order chi connectivity index (χ0) is 19.4. The van der Waals surface area contributed by atoms with Crippen molar-refractivity contribution in [3.63, 3.8) is 0 Å². The van der Waals surface area contributed by atoms with E-state index in [-0.39, 0.29) is 24.4 Å². The van der Waals surface area contributed by atoms with Gasteiger partial charge in [-0.15, -0.1) is 0 Å². The fourth-order valence-corrected chi connectivity index (χ4v) is 3.08. The van der Waals surface area contributed by atoms with Crippen molar-refractivity contribution < 1.29 is 14.3 Å². The van der Waals surface area contributed by atoms with Crippen LogP contribution in [0.25, 0.3) is 0 Å². The minimum Gasteiger partial charge on any atom is -0.497 e. The number of amides is 2. The first-order valence-electron chi connectivity index (χ1n) is 9.26. The highest BCUT2D eigenvalue weighted by Crippen LogP contribution is 2.41. The van der Waals surface area contributed by atoms with Gasteiger partial charge in [-0.2, -0.15) is 0 Å². The SMILES string of the molecule is COc1ccc(C(NC(=O)CNC(=O)c2ccc(C)c(C)c2)C2CC2)cc1. The molecule has 1 aliphatic carbocycles. The Kier molecular flexibility index (Phi) is 5.79. The van der Waals surface area contributed by atoms with Crippen LogP contribution in [-0.2, 0) is 4.79 Å². The maximum atomic E-state index is 12.4. The minimum absolute atomic E-state index is 0.0260. The molecule has 2 amide bonds. The second-order valence-corrected chi connectivity index (χ2v) is 7.14. The third kappa shape index (κ3) is 4.88. The van der Waals surface area contributed by atoms with E-state index in [9.17, 15) is 9.59 Å². The zero-order valence-corrected chi connectivity index (χ0v) is 16.0. The lowest BCUT2D eigenvalue weighted by Crippen LogP contribution is -2.39. The molecule has 0 saturated heterocycles. The van der Waals surface area contributed by atoms with E-state index < -0.39 is 0 Å². The smallest absolute Gasteiger partial charge is 0.251 e. The van der Waals surface area contributed by atoms with E-state index >= 15 is 0 Å². The number of methoxy groups -OCH3 is 1. The van der Waals surface area contributed by atoms with Gasteiger partial charge in [0.15, 0.2) is 0 Å². The van der Waals surface area contributed by atoms with Crippen molar-refractivity contribution in [2.75, 3.05) is 13.7 Å². The number of benzene rings is 2. The van der Waals surface area contributed by atoms with Gasteiger partial charge in [0.05, 0.1) is 19.7 Å².